The molecule has 0 saturated carbocycles. The number of carbonyl (C=O) groups excluding carboxylic acids is 1. The van der Waals surface area contributed by atoms with Crippen LogP contribution in [0.15, 0.2) is 0 Å². The number of hydrogen-bond acceptors (Lipinski definition) is 3. The summed E-state index contributed by atoms with van der Waals surface area (Å²) in [5.41, 5.74) is 5.44. The van der Waals surface area contributed by atoms with Crippen molar-refractivity contribution in [1.29, 1.82) is 0 Å². The maximum Gasteiger partial charge on any atom is 0.238 e. The summed E-state index contributed by atoms with van der Waals surface area (Å²) in [6.45, 7) is 2.64. The molecular formula is C9H20N2O2. The Kier molecular flexibility index (Phi) is 6.54. The molecule has 0 saturated heterocycles. The zero-order valence-corrected chi connectivity index (χ0v) is 8.49. The Hall–Kier alpha value is -0.610. The number of nitrogens with zero attached hydrogens (tertiary/aromatic N) is 1. The maximum absolute atomic E-state index is 11.3. The maximum atomic E-state index is 11.3. The van der Waals surface area contributed by atoms with Crippen LogP contribution in [0.1, 0.15) is 26.2 Å². The van der Waals surface area contributed by atoms with Crippen LogP contribution in [0, 0.1) is 0 Å². The minimum absolute atomic E-state index is 0.0241. The second-order valence-electron chi connectivity index (χ2n) is 3.33. The van der Waals surface area contributed by atoms with Crippen LogP contribution in [0.25, 0.3) is 0 Å². The molecule has 0 aliphatic rings. The molecule has 13 heavy (non-hydrogen) atoms. The highest BCUT2D eigenvalue weighted by atomic mass is 16.2. The third-order valence-corrected chi connectivity index (χ3v) is 1.92. The Morgan fingerprint density at radius 1 is 1.46 bits per heavy atom. The predicted molar refractivity (Wildman–Crippen MR) is 52.2 cm³/mol. The van der Waals surface area contributed by atoms with E-state index in [1.54, 1.807) is 18.9 Å². The summed E-state index contributed by atoms with van der Waals surface area (Å²) in [5.74, 6) is -0.0241. The summed E-state index contributed by atoms with van der Waals surface area (Å²) in [4.78, 5) is 12.9. The first-order valence-electron chi connectivity index (χ1n) is 4.71. The van der Waals surface area contributed by atoms with Crippen molar-refractivity contribution >= 4 is 5.91 Å². The molecule has 78 valence electrons. The van der Waals surface area contributed by atoms with Gasteiger partial charge in [-0.3, -0.25) is 4.79 Å². The number of likely N-dealkylation sites (N-methyl/N-ethyl adjacent to an activating group) is 1. The largest absolute Gasteiger partial charge is 0.396 e. The van der Waals surface area contributed by atoms with Gasteiger partial charge in [0.05, 0.1) is 6.04 Å². The second kappa shape index (κ2) is 6.86. The van der Waals surface area contributed by atoms with E-state index in [-0.39, 0.29) is 12.5 Å². The van der Waals surface area contributed by atoms with Crippen molar-refractivity contribution in [2.75, 3.05) is 20.2 Å². The van der Waals surface area contributed by atoms with E-state index in [1.165, 1.54) is 0 Å². The highest BCUT2D eigenvalue weighted by Crippen LogP contribution is 1.97. The summed E-state index contributed by atoms with van der Waals surface area (Å²) in [6, 6.07) is -0.414. The molecule has 1 atom stereocenters. The van der Waals surface area contributed by atoms with E-state index in [0.717, 1.165) is 25.8 Å². The molecule has 0 aromatic carbocycles. The lowest BCUT2D eigenvalue weighted by Gasteiger charge is -2.18. The van der Waals surface area contributed by atoms with Crippen LogP contribution in [-0.2, 0) is 4.79 Å². The van der Waals surface area contributed by atoms with Gasteiger partial charge in [-0.2, -0.15) is 0 Å². The zero-order chi connectivity index (χ0) is 10.3. The molecule has 3 N–H and O–H groups in total. The van der Waals surface area contributed by atoms with Crippen LogP contribution in [0.5, 0.6) is 0 Å². The van der Waals surface area contributed by atoms with E-state index < -0.39 is 6.04 Å². The average molecular weight is 188 g/mol. The van der Waals surface area contributed by atoms with Gasteiger partial charge in [0, 0.05) is 20.2 Å². The number of rotatable bonds is 6. The quantitative estimate of drug-likeness (QED) is 0.574. The van der Waals surface area contributed by atoms with Crippen molar-refractivity contribution in [3.8, 4) is 0 Å². The van der Waals surface area contributed by atoms with Crippen LogP contribution in [0.2, 0.25) is 0 Å². The fourth-order valence-corrected chi connectivity index (χ4v) is 1.10. The van der Waals surface area contributed by atoms with Gasteiger partial charge in [0.25, 0.3) is 0 Å². The third-order valence-electron chi connectivity index (χ3n) is 1.92. The lowest BCUT2D eigenvalue weighted by Crippen LogP contribution is -2.40. The van der Waals surface area contributed by atoms with Crippen molar-refractivity contribution < 1.29 is 9.90 Å². The fraction of sp³-hybridized carbons (Fsp3) is 0.889. The highest BCUT2D eigenvalue weighted by Gasteiger charge is 2.11. The average Bonchev–Trinajstić information content (AvgIpc) is 2.10. The smallest absolute Gasteiger partial charge is 0.238 e. The van der Waals surface area contributed by atoms with Gasteiger partial charge in [0.1, 0.15) is 0 Å². The van der Waals surface area contributed by atoms with Gasteiger partial charge >= 0.3 is 0 Å². The van der Waals surface area contributed by atoms with Crippen molar-refractivity contribution in [2.45, 2.75) is 32.2 Å². The Morgan fingerprint density at radius 3 is 2.54 bits per heavy atom. The number of unbranched alkanes of at least 4 members (excludes halogenated alkanes) is 2. The number of carbonyl (C=O) groups is 1. The molecule has 0 fully saturated rings. The SMILES string of the molecule is C[C@@H](N)C(=O)N(C)CCCCCO. The lowest BCUT2D eigenvalue weighted by molar-refractivity contribution is -0.130. The number of aliphatic hydroxyl groups is 1. The number of amides is 1. The van der Waals surface area contributed by atoms with E-state index >= 15 is 0 Å². The van der Waals surface area contributed by atoms with Gasteiger partial charge in [-0.1, -0.05) is 0 Å². The first-order chi connectivity index (χ1) is 6.09. The van der Waals surface area contributed by atoms with E-state index in [2.05, 4.69) is 0 Å². The van der Waals surface area contributed by atoms with Crippen LogP contribution in [-0.4, -0.2) is 42.2 Å². The summed E-state index contributed by atoms with van der Waals surface area (Å²) < 4.78 is 0. The summed E-state index contributed by atoms with van der Waals surface area (Å²) in [7, 11) is 1.75. The van der Waals surface area contributed by atoms with Crippen molar-refractivity contribution in [3.05, 3.63) is 0 Å². The molecule has 0 heterocycles. The van der Waals surface area contributed by atoms with Gasteiger partial charge in [-0.05, 0) is 26.2 Å². The van der Waals surface area contributed by atoms with E-state index in [0.29, 0.717) is 0 Å². The molecule has 0 aromatic heterocycles. The zero-order valence-electron chi connectivity index (χ0n) is 8.49. The third kappa shape index (κ3) is 5.60. The first-order valence-corrected chi connectivity index (χ1v) is 4.71. The van der Waals surface area contributed by atoms with Gasteiger partial charge in [-0.25, -0.2) is 0 Å². The second-order valence-corrected chi connectivity index (χ2v) is 3.33. The number of aliphatic hydroxyl groups excluding tert-OH is 1. The van der Waals surface area contributed by atoms with E-state index in [4.69, 9.17) is 10.8 Å². The number of hydrogen-bond donors (Lipinski definition) is 2. The minimum atomic E-state index is -0.414. The minimum Gasteiger partial charge on any atom is -0.396 e. The molecule has 0 aromatic rings. The van der Waals surface area contributed by atoms with Gasteiger partial charge in [0.15, 0.2) is 0 Å². The fourth-order valence-electron chi connectivity index (χ4n) is 1.10. The molecule has 4 heteroatoms. The molecular weight excluding hydrogens is 168 g/mol. The van der Waals surface area contributed by atoms with Crippen LogP contribution in [0.4, 0.5) is 0 Å². The van der Waals surface area contributed by atoms with Crippen LogP contribution < -0.4 is 5.73 Å². The predicted octanol–water partition coefficient (Wildman–Crippen LogP) is -0.0454. The molecule has 0 rings (SSSR count). The standard InChI is InChI=1S/C9H20N2O2/c1-8(10)9(13)11(2)6-4-3-5-7-12/h8,12H,3-7,10H2,1-2H3/t8-/m1/s1. The van der Waals surface area contributed by atoms with Crippen molar-refractivity contribution in [2.24, 2.45) is 5.73 Å². The van der Waals surface area contributed by atoms with E-state index in [9.17, 15) is 4.79 Å². The topological polar surface area (TPSA) is 66.6 Å². The summed E-state index contributed by atoms with van der Waals surface area (Å²) in [5, 5.41) is 8.53. The molecule has 1 amide bonds. The Balaban J connectivity index is 3.50. The highest BCUT2D eigenvalue weighted by molar-refractivity contribution is 5.80. The van der Waals surface area contributed by atoms with Gasteiger partial charge < -0.3 is 15.7 Å². The first kappa shape index (κ1) is 12.4. The molecule has 0 aliphatic carbocycles. The van der Waals surface area contributed by atoms with Crippen molar-refractivity contribution in [1.82, 2.24) is 4.90 Å². The molecule has 0 aliphatic heterocycles. The molecule has 0 unspecified atom stereocenters. The molecule has 0 spiro atoms. The Morgan fingerprint density at radius 2 is 2.08 bits per heavy atom. The van der Waals surface area contributed by atoms with Crippen LogP contribution >= 0.6 is 0 Å². The lowest BCUT2D eigenvalue weighted by atomic mass is 10.2. The summed E-state index contributed by atoms with van der Waals surface area (Å²) >= 11 is 0. The Bertz CT molecular complexity index is 149. The molecule has 4 nitrogen and oxygen atoms in total. The molecule has 0 radical (unpaired) electrons. The van der Waals surface area contributed by atoms with Crippen LogP contribution in [0.3, 0.4) is 0 Å². The Labute approximate surface area is 79.7 Å². The monoisotopic (exact) mass is 188 g/mol. The van der Waals surface area contributed by atoms with E-state index in [1.807, 2.05) is 0 Å². The normalized spacial score (nSPS) is 12.6. The summed E-state index contributed by atoms with van der Waals surface area (Å²) in [6.07, 6.45) is 2.68. The molecule has 0 bridgehead atoms. The van der Waals surface area contributed by atoms with Crippen molar-refractivity contribution in [3.63, 3.8) is 0 Å². The van der Waals surface area contributed by atoms with Gasteiger partial charge in [-0.15, -0.1) is 0 Å². The van der Waals surface area contributed by atoms with Gasteiger partial charge in [0.2, 0.25) is 5.91 Å². The number of nitrogens with two attached hydrogens (primary N) is 1.